The molecule has 160 valence electrons. The van der Waals surface area contributed by atoms with Crippen molar-refractivity contribution in [3.05, 3.63) is 35.9 Å². The SMILES string of the molecule is CC(NC(=O)C(N)CO)C(=O)NC(Cc1ccccc1)C(=O)NC(CS)C(=O)O. The Bertz CT molecular complexity index is 718. The standard InChI is InChI=1S/C18H26N4O6S/c1-10(20-16(25)12(19)8-23)15(24)21-13(7-11-5-3-2-4-6-11)17(26)22-14(9-29)18(27)28/h2-6,10,12-14,23,29H,7-9,19H2,1H3,(H,20,25)(H,21,24)(H,22,26)(H,27,28). The molecule has 3 amide bonds. The molecule has 0 radical (unpaired) electrons. The first kappa shape index (κ1) is 24.4. The Morgan fingerprint density at radius 1 is 1.00 bits per heavy atom. The molecule has 0 aliphatic heterocycles. The number of rotatable bonds is 11. The number of aliphatic hydroxyl groups excluding tert-OH is 1. The molecule has 4 unspecified atom stereocenters. The van der Waals surface area contributed by atoms with Crippen LogP contribution in [0.15, 0.2) is 30.3 Å². The number of amides is 3. The number of aliphatic hydroxyl groups is 1. The fourth-order valence-electron chi connectivity index (χ4n) is 2.28. The normalized spacial score (nSPS) is 14.8. The first-order valence-electron chi connectivity index (χ1n) is 8.84. The second-order valence-electron chi connectivity index (χ2n) is 6.35. The first-order chi connectivity index (χ1) is 13.7. The van der Waals surface area contributed by atoms with Gasteiger partial charge in [-0.05, 0) is 12.5 Å². The van der Waals surface area contributed by atoms with E-state index in [0.29, 0.717) is 0 Å². The summed E-state index contributed by atoms with van der Waals surface area (Å²) in [4.78, 5) is 47.9. The van der Waals surface area contributed by atoms with Gasteiger partial charge in [-0.1, -0.05) is 30.3 Å². The quantitative estimate of drug-likeness (QED) is 0.201. The van der Waals surface area contributed by atoms with Crippen LogP contribution in [0.3, 0.4) is 0 Å². The van der Waals surface area contributed by atoms with Gasteiger partial charge in [0.25, 0.3) is 0 Å². The van der Waals surface area contributed by atoms with Crippen LogP contribution in [-0.4, -0.2) is 70.4 Å². The van der Waals surface area contributed by atoms with Crippen molar-refractivity contribution in [2.24, 2.45) is 5.73 Å². The summed E-state index contributed by atoms with van der Waals surface area (Å²) >= 11 is 3.90. The number of carboxylic acids is 1. The maximum absolute atomic E-state index is 12.6. The molecule has 29 heavy (non-hydrogen) atoms. The van der Waals surface area contributed by atoms with Crippen molar-refractivity contribution in [2.75, 3.05) is 12.4 Å². The zero-order valence-electron chi connectivity index (χ0n) is 15.9. The van der Waals surface area contributed by atoms with Crippen molar-refractivity contribution < 1.29 is 29.4 Å². The number of benzene rings is 1. The molecule has 0 fully saturated rings. The maximum Gasteiger partial charge on any atom is 0.327 e. The zero-order chi connectivity index (χ0) is 22.0. The van der Waals surface area contributed by atoms with Gasteiger partial charge in [0.05, 0.1) is 6.61 Å². The second kappa shape index (κ2) is 12.0. The lowest BCUT2D eigenvalue weighted by Crippen LogP contribution is -2.57. The summed E-state index contributed by atoms with van der Waals surface area (Å²) in [6, 6.07) is 4.31. The monoisotopic (exact) mass is 426 g/mol. The van der Waals surface area contributed by atoms with Crippen LogP contribution >= 0.6 is 12.6 Å². The molecule has 0 saturated heterocycles. The number of carbonyl (C=O) groups is 4. The average molecular weight is 426 g/mol. The van der Waals surface area contributed by atoms with E-state index in [1.54, 1.807) is 30.3 Å². The van der Waals surface area contributed by atoms with Crippen LogP contribution in [0.2, 0.25) is 0 Å². The van der Waals surface area contributed by atoms with Crippen LogP contribution < -0.4 is 21.7 Å². The fraction of sp³-hybridized carbons (Fsp3) is 0.444. The van der Waals surface area contributed by atoms with Gasteiger partial charge in [-0.25, -0.2) is 4.79 Å². The maximum atomic E-state index is 12.6. The van der Waals surface area contributed by atoms with Gasteiger partial charge in [0.15, 0.2) is 0 Å². The first-order valence-corrected chi connectivity index (χ1v) is 9.48. The van der Waals surface area contributed by atoms with Gasteiger partial charge < -0.3 is 31.9 Å². The Hall–Kier alpha value is -2.63. The molecular weight excluding hydrogens is 400 g/mol. The van der Waals surface area contributed by atoms with E-state index in [4.69, 9.17) is 15.9 Å². The van der Waals surface area contributed by atoms with E-state index >= 15 is 0 Å². The van der Waals surface area contributed by atoms with Gasteiger partial charge in [-0.2, -0.15) is 12.6 Å². The molecule has 4 atom stereocenters. The summed E-state index contributed by atoms with van der Waals surface area (Å²) in [6.07, 6.45) is 0.105. The third-order valence-electron chi connectivity index (χ3n) is 4.00. The highest BCUT2D eigenvalue weighted by molar-refractivity contribution is 7.80. The molecule has 0 saturated carbocycles. The number of carboxylic acid groups (broad SMARTS) is 1. The molecule has 0 aromatic heterocycles. The Morgan fingerprint density at radius 2 is 1.59 bits per heavy atom. The molecule has 11 heteroatoms. The molecule has 1 rings (SSSR count). The Labute approximate surface area is 173 Å². The number of hydrogen-bond donors (Lipinski definition) is 7. The number of thiol groups is 1. The van der Waals surface area contributed by atoms with Crippen LogP contribution in [0.25, 0.3) is 0 Å². The van der Waals surface area contributed by atoms with Crippen molar-refractivity contribution in [2.45, 2.75) is 37.5 Å². The highest BCUT2D eigenvalue weighted by atomic mass is 32.1. The molecule has 0 aliphatic rings. The zero-order valence-corrected chi connectivity index (χ0v) is 16.8. The van der Waals surface area contributed by atoms with Gasteiger partial charge in [-0.3, -0.25) is 14.4 Å². The lowest BCUT2D eigenvalue weighted by molar-refractivity contribution is -0.141. The van der Waals surface area contributed by atoms with E-state index in [0.717, 1.165) is 5.56 Å². The summed E-state index contributed by atoms with van der Waals surface area (Å²) in [5.41, 5.74) is 6.13. The van der Waals surface area contributed by atoms with Gasteiger partial charge in [-0.15, -0.1) is 0 Å². The number of nitrogens with two attached hydrogens (primary N) is 1. The van der Waals surface area contributed by atoms with Crippen LogP contribution in [0.1, 0.15) is 12.5 Å². The van der Waals surface area contributed by atoms with Gasteiger partial charge >= 0.3 is 5.97 Å². The molecule has 10 nitrogen and oxygen atoms in total. The van der Waals surface area contributed by atoms with Gasteiger partial charge in [0.1, 0.15) is 24.2 Å². The van der Waals surface area contributed by atoms with Crippen molar-refractivity contribution in [1.82, 2.24) is 16.0 Å². The van der Waals surface area contributed by atoms with Crippen molar-refractivity contribution >= 4 is 36.3 Å². The van der Waals surface area contributed by atoms with Gasteiger partial charge in [0, 0.05) is 12.2 Å². The van der Waals surface area contributed by atoms with E-state index in [9.17, 15) is 19.2 Å². The predicted molar refractivity (Wildman–Crippen MR) is 108 cm³/mol. The minimum atomic E-state index is -1.25. The third kappa shape index (κ3) is 8.10. The number of carbonyl (C=O) groups excluding carboxylic acids is 3. The largest absolute Gasteiger partial charge is 0.480 e. The van der Waals surface area contributed by atoms with Gasteiger partial charge in [0.2, 0.25) is 17.7 Å². The molecule has 1 aromatic carbocycles. The molecule has 0 heterocycles. The Balaban J connectivity index is 2.89. The lowest BCUT2D eigenvalue weighted by Gasteiger charge is -2.23. The smallest absolute Gasteiger partial charge is 0.327 e. The molecular formula is C18H26N4O6S. The average Bonchev–Trinajstić information content (AvgIpc) is 2.70. The Kier molecular flexibility index (Phi) is 10.1. The fourth-order valence-corrected chi connectivity index (χ4v) is 2.53. The number of hydrogen-bond acceptors (Lipinski definition) is 7. The summed E-state index contributed by atoms with van der Waals surface area (Å²) < 4.78 is 0. The van der Waals surface area contributed by atoms with Crippen LogP contribution in [0, 0.1) is 0 Å². The van der Waals surface area contributed by atoms with Crippen molar-refractivity contribution in [1.29, 1.82) is 0 Å². The lowest BCUT2D eigenvalue weighted by atomic mass is 10.0. The summed E-state index contributed by atoms with van der Waals surface area (Å²) in [5, 5.41) is 25.2. The third-order valence-corrected chi connectivity index (χ3v) is 4.36. The van der Waals surface area contributed by atoms with Crippen LogP contribution in [-0.2, 0) is 25.6 Å². The van der Waals surface area contributed by atoms with E-state index in [1.807, 2.05) is 0 Å². The summed E-state index contributed by atoms with van der Waals surface area (Å²) in [6.45, 7) is 0.808. The topological polar surface area (TPSA) is 171 Å². The second-order valence-corrected chi connectivity index (χ2v) is 6.72. The van der Waals surface area contributed by atoms with Crippen LogP contribution in [0.5, 0.6) is 0 Å². The minimum absolute atomic E-state index is 0.105. The van der Waals surface area contributed by atoms with E-state index in [2.05, 4.69) is 28.6 Å². The summed E-state index contributed by atoms with van der Waals surface area (Å²) in [5.74, 6) is -3.47. The van der Waals surface area contributed by atoms with E-state index in [-0.39, 0.29) is 12.2 Å². The molecule has 1 aromatic rings. The van der Waals surface area contributed by atoms with Crippen LogP contribution in [0.4, 0.5) is 0 Å². The molecule has 0 aliphatic carbocycles. The van der Waals surface area contributed by atoms with Crippen molar-refractivity contribution in [3.8, 4) is 0 Å². The highest BCUT2D eigenvalue weighted by Crippen LogP contribution is 2.05. The molecule has 0 bridgehead atoms. The summed E-state index contributed by atoms with van der Waals surface area (Å²) in [7, 11) is 0. The van der Waals surface area contributed by atoms with E-state index in [1.165, 1.54) is 6.92 Å². The number of aliphatic carboxylic acids is 1. The minimum Gasteiger partial charge on any atom is -0.480 e. The predicted octanol–water partition coefficient (Wildman–Crippen LogP) is -1.96. The van der Waals surface area contributed by atoms with Crippen molar-refractivity contribution in [3.63, 3.8) is 0 Å². The van der Waals surface area contributed by atoms with E-state index < -0.39 is 54.5 Å². The highest BCUT2D eigenvalue weighted by Gasteiger charge is 2.28. The number of nitrogens with one attached hydrogen (secondary N) is 3. The molecule has 7 N–H and O–H groups in total. The Morgan fingerprint density at radius 3 is 2.10 bits per heavy atom. The molecule has 0 spiro atoms.